The molecule has 0 bridgehead atoms. The number of phosphoric acid groups is 1. The van der Waals surface area contributed by atoms with Gasteiger partial charge in [-0.3, -0.25) is 0 Å². The van der Waals surface area contributed by atoms with Crippen molar-refractivity contribution in [1.82, 2.24) is 0 Å². The molecule has 0 heterocycles. The Morgan fingerprint density at radius 2 is 1.06 bits per heavy atom. The Kier molecular flexibility index (Phi) is 22.5. The molecule has 6 nitrogen and oxygen atoms in total. The number of nitrogens with two attached hydrogens (primary N) is 2. The largest absolute Gasteiger partial charge is 1.00 e. The molecule has 1 rings (SSSR count). The molecule has 2 atom stereocenters. The fourth-order valence-electron chi connectivity index (χ4n) is 1.19. The third kappa shape index (κ3) is 21.4. The molecule has 10 heteroatoms. The van der Waals surface area contributed by atoms with Gasteiger partial charge in [-0.05, 0) is 12.8 Å². The van der Waals surface area contributed by atoms with E-state index in [2.05, 4.69) is 0 Å². The van der Waals surface area contributed by atoms with E-state index in [1.54, 1.807) is 0 Å². The van der Waals surface area contributed by atoms with E-state index in [1.165, 1.54) is 12.8 Å². The smallest absolute Gasteiger partial charge is 0.822 e. The van der Waals surface area contributed by atoms with Gasteiger partial charge < -0.3 is 30.7 Å². The maximum Gasteiger partial charge on any atom is 1.00 e. The van der Waals surface area contributed by atoms with Crippen molar-refractivity contribution in [1.29, 1.82) is 0 Å². The zero-order chi connectivity index (χ0) is 10.5. The summed E-state index contributed by atoms with van der Waals surface area (Å²) in [5.41, 5.74) is 11.3. The Morgan fingerprint density at radius 1 is 0.875 bits per heavy atom. The number of rotatable bonds is 0. The third-order valence-corrected chi connectivity index (χ3v) is 1.87. The van der Waals surface area contributed by atoms with Gasteiger partial charge in [0.15, 0.2) is 0 Å². The van der Waals surface area contributed by atoms with E-state index >= 15 is 0 Å². The van der Waals surface area contributed by atoms with Crippen LogP contribution in [0.1, 0.15) is 25.7 Å². The van der Waals surface area contributed by atoms with Crippen LogP contribution >= 0.6 is 7.82 Å². The molecular weight excluding hydrogens is 780 g/mol. The van der Waals surface area contributed by atoms with Gasteiger partial charge in [0.05, 0.1) is 0 Å². The fourth-order valence-corrected chi connectivity index (χ4v) is 1.19. The van der Waals surface area contributed by atoms with Crippen molar-refractivity contribution in [2.24, 2.45) is 11.5 Å². The predicted molar refractivity (Wildman–Crippen MR) is 42.0 cm³/mol. The minimum atomic E-state index is -5.39. The Bertz CT molecular complexity index is 176. The van der Waals surface area contributed by atoms with Crippen molar-refractivity contribution in [3.05, 3.63) is 0 Å². The third-order valence-electron chi connectivity index (χ3n) is 1.87. The molecule has 1 fully saturated rings. The second-order valence-electron chi connectivity index (χ2n) is 3.06. The first kappa shape index (κ1) is 26.6. The van der Waals surface area contributed by atoms with Gasteiger partial charge in [0, 0.05) is 12.1 Å². The van der Waals surface area contributed by atoms with Gasteiger partial charge in [0.2, 0.25) is 0 Å². The van der Waals surface area contributed by atoms with Gasteiger partial charge in [-0.25, -0.2) is 0 Å². The van der Waals surface area contributed by atoms with Crippen LogP contribution in [0.25, 0.3) is 0 Å². The first-order chi connectivity index (χ1) is 5.80. The molecule has 0 unspecified atom stereocenters. The second-order valence-corrected chi connectivity index (χ2v) is 3.95. The van der Waals surface area contributed by atoms with Gasteiger partial charge in [-0.1, -0.05) is 12.8 Å². The van der Waals surface area contributed by atoms with Crippen molar-refractivity contribution < 1.29 is 82.4 Å². The Hall–Kier alpha value is 2.09. The molecule has 1 aliphatic rings. The summed E-state index contributed by atoms with van der Waals surface area (Å²) in [4.78, 5) is 25.6. The van der Waals surface area contributed by atoms with E-state index in [9.17, 15) is 0 Å². The molecule has 3 radical (unpaired) electrons. The molecule has 0 saturated heterocycles. The molecule has 0 aromatic heterocycles. The molecular formula is C6H14N2O4PPt3. The number of hydrogen-bond donors (Lipinski definition) is 2. The van der Waals surface area contributed by atoms with Crippen molar-refractivity contribution in [3.63, 3.8) is 0 Å². The van der Waals surface area contributed by atoms with Crippen molar-refractivity contribution in [3.8, 4) is 0 Å². The zero-order valence-electron chi connectivity index (χ0n) is 8.17. The fraction of sp³-hybridized carbons (Fsp3) is 1.00. The summed E-state index contributed by atoms with van der Waals surface area (Å²) >= 11 is 0. The van der Waals surface area contributed by atoms with Crippen LogP contribution < -0.4 is 26.1 Å². The van der Waals surface area contributed by atoms with Crippen molar-refractivity contribution in [2.45, 2.75) is 37.8 Å². The molecule has 0 aromatic rings. The molecule has 0 amide bonds. The van der Waals surface area contributed by atoms with Crippen molar-refractivity contribution in [2.75, 3.05) is 0 Å². The minimum Gasteiger partial charge on any atom is -0.822 e. The monoisotopic (exact) mass is 794 g/mol. The van der Waals surface area contributed by atoms with Crippen LogP contribution in [0.5, 0.6) is 0 Å². The van der Waals surface area contributed by atoms with E-state index in [4.69, 9.17) is 30.7 Å². The normalized spacial score (nSPS) is 23.6. The van der Waals surface area contributed by atoms with E-state index in [0.717, 1.165) is 12.8 Å². The summed E-state index contributed by atoms with van der Waals surface area (Å²) in [7, 11) is -5.39. The van der Waals surface area contributed by atoms with Gasteiger partial charge >= 0.3 is 63.2 Å². The quantitative estimate of drug-likeness (QED) is 0.258. The SMILES string of the molecule is N[C@@H]1CCCC[C@H]1N.O=P([O-])([O-])[O-].[Pt+].[Pt+].[Pt+]. The van der Waals surface area contributed by atoms with Crippen LogP contribution in [0.15, 0.2) is 0 Å². The Labute approximate surface area is 138 Å². The summed E-state index contributed by atoms with van der Waals surface area (Å²) in [6, 6.07) is 0.562. The summed E-state index contributed by atoms with van der Waals surface area (Å²) in [6.07, 6.45) is 4.80. The Morgan fingerprint density at radius 3 is 1.19 bits per heavy atom. The summed E-state index contributed by atoms with van der Waals surface area (Å²) in [5.74, 6) is 0. The van der Waals surface area contributed by atoms with Crippen LogP contribution in [0.2, 0.25) is 0 Å². The first-order valence-electron chi connectivity index (χ1n) is 4.05. The van der Waals surface area contributed by atoms with Crippen LogP contribution in [-0.4, -0.2) is 12.1 Å². The van der Waals surface area contributed by atoms with Gasteiger partial charge in [-0.15, -0.1) is 0 Å². The molecule has 0 aliphatic heterocycles. The standard InChI is InChI=1S/C6H14N2.H3O4P.3Pt/c7-5-3-1-2-4-6(5)8;1-5(2,3)4;;;/h5-6H,1-4,7-8H2;(H3,1,2,3,4);;;/q;;3*+1/p-3/t5-,6-;;;;/m1..../s1. The van der Waals surface area contributed by atoms with Crippen molar-refractivity contribution >= 4 is 7.82 Å². The molecule has 0 aromatic carbocycles. The summed E-state index contributed by atoms with van der Waals surface area (Å²) in [6.45, 7) is 0. The Balaban J connectivity index is -0.0000000818. The van der Waals surface area contributed by atoms with Crippen LogP contribution in [0.3, 0.4) is 0 Å². The number of hydrogen-bond acceptors (Lipinski definition) is 6. The van der Waals surface area contributed by atoms with Gasteiger partial charge in [-0.2, -0.15) is 7.82 Å². The predicted octanol–water partition coefficient (Wildman–Crippen LogP) is -2.62. The summed E-state index contributed by atoms with van der Waals surface area (Å²) in [5, 5.41) is 0. The molecule has 1 saturated carbocycles. The van der Waals surface area contributed by atoms with Crippen LogP contribution in [0, 0.1) is 0 Å². The molecule has 1 aliphatic carbocycles. The van der Waals surface area contributed by atoms with E-state index < -0.39 is 7.82 Å². The van der Waals surface area contributed by atoms with Gasteiger partial charge in [0.1, 0.15) is 0 Å². The first-order valence-corrected chi connectivity index (χ1v) is 5.51. The average Bonchev–Trinajstić information content (AvgIpc) is 1.92. The minimum absolute atomic E-state index is 0. The molecule has 0 spiro atoms. The average molecular weight is 794 g/mol. The van der Waals surface area contributed by atoms with E-state index in [0.29, 0.717) is 0 Å². The van der Waals surface area contributed by atoms with E-state index in [-0.39, 0.29) is 75.3 Å². The zero-order valence-corrected chi connectivity index (χ0v) is 15.9. The van der Waals surface area contributed by atoms with E-state index in [1.807, 2.05) is 0 Å². The maximum absolute atomic E-state index is 8.55. The topological polar surface area (TPSA) is 138 Å². The second kappa shape index (κ2) is 13.5. The molecule has 16 heavy (non-hydrogen) atoms. The maximum atomic E-state index is 8.55. The molecule has 4 N–H and O–H groups in total. The van der Waals surface area contributed by atoms with Crippen LogP contribution in [0.4, 0.5) is 0 Å². The molecule has 107 valence electrons. The van der Waals surface area contributed by atoms with Crippen LogP contribution in [-0.2, 0) is 67.8 Å². The van der Waals surface area contributed by atoms with Gasteiger partial charge in [0.25, 0.3) is 0 Å². The summed E-state index contributed by atoms with van der Waals surface area (Å²) < 4.78 is 8.55.